The van der Waals surface area contributed by atoms with Crippen molar-refractivity contribution >= 4 is 37.3 Å². The monoisotopic (exact) mass is 517 g/mol. The zero-order valence-corrected chi connectivity index (χ0v) is 23.5. The molecule has 188 valence electrons. The van der Waals surface area contributed by atoms with E-state index in [1.54, 1.807) is 11.3 Å². The summed E-state index contributed by atoms with van der Waals surface area (Å²) in [7, 11) is -3.26. The molecule has 1 aliphatic rings. The van der Waals surface area contributed by atoms with Gasteiger partial charge in [-0.2, -0.15) is 8.42 Å². The van der Waals surface area contributed by atoms with Crippen LogP contribution in [-0.4, -0.2) is 65.5 Å². The molecular formula is C23H39NO6S2Si. The van der Waals surface area contributed by atoms with Crippen LogP contribution in [0.25, 0.3) is 6.08 Å². The molecule has 10 heteroatoms. The normalized spacial score (nSPS) is 23.5. The van der Waals surface area contributed by atoms with Crippen LogP contribution in [0.4, 0.5) is 0 Å². The van der Waals surface area contributed by atoms with Gasteiger partial charge >= 0.3 is 0 Å². The quantitative estimate of drug-likeness (QED) is 0.222. The van der Waals surface area contributed by atoms with Crippen molar-refractivity contribution < 1.29 is 26.9 Å². The fraction of sp³-hybridized carbons (Fsp3) is 0.783. The highest BCUT2D eigenvalue weighted by Crippen LogP contribution is 2.45. The third kappa shape index (κ3) is 10.3. The van der Waals surface area contributed by atoms with Crippen LogP contribution in [0.1, 0.15) is 71.0 Å². The Kier molecular flexibility index (Phi) is 10.3. The largest absolute Gasteiger partial charge is 0.410 e. The van der Waals surface area contributed by atoms with Crippen molar-refractivity contribution in [1.29, 1.82) is 0 Å². The summed E-state index contributed by atoms with van der Waals surface area (Å²) in [5.74, 6) is 0.200. The van der Waals surface area contributed by atoms with Crippen molar-refractivity contribution in [3.8, 4) is 0 Å². The van der Waals surface area contributed by atoms with E-state index < -0.39 is 15.7 Å². The average Bonchev–Trinajstić information content (AvgIpc) is 3.22. The Hall–Kier alpha value is -0.623. The molecule has 0 unspecified atom stereocenters. The fourth-order valence-corrected chi connectivity index (χ4v) is 5.28. The van der Waals surface area contributed by atoms with Gasteiger partial charge in [0.15, 0.2) is 0 Å². The first kappa shape index (κ1) is 28.6. The van der Waals surface area contributed by atoms with Gasteiger partial charge in [0.2, 0.25) is 9.76 Å². The van der Waals surface area contributed by atoms with Gasteiger partial charge in [0.05, 0.1) is 35.8 Å². The first-order valence-electron chi connectivity index (χ1n) is 11.4. The molecule has 0 saturated carbocycles. The number of hydrogen-bond donors (Lipinski definition) is 1. The number of rotatable bonds is 14. The maximum atomic E-state index is 11.6. The first-order valence-corrected chi connectivity index (χ1v) is 15.0. The minimum Gasteiger partial charge on any atom is -0.410 e. The Morgan fingerprint density at radius 2 is 2.15 bits per heavy atom. The number of ether oxygens (including phenoxy) is 1. The van der Waals surface area contributed by atoms with Crippen LogP contribution in [0, 0.1) is 12.8 Å². The summed E-state index contributed by atoms with van der Waals surface area (Å²) in [6, 6.07) is 0. The molecule has 2 heterocycles. The highest BCUT2D eigenvalue weighted by Gasteiger charge is 2.57. The molecule has 0 aromatic carbocycles. The predicted molar refractivity (Wildman–Crippen MR) is 134 cm³/mol. The highest BCUT2D eigenvalue weighted by molar-refractivity contribution is 7.85. The van der Waals surface area contributed by atoms with E-state index in [0.717, 1.165) is 35.4 Å². The van der Waals surface area contributed by atoms with Crippen LogP contribution in [0.5, 0.6) is 0 Å². The minimum atomic E-state index is -3.57. The Morgan fingerprint density at radius 1 is 1.45 bits per heavy atom. The summed E-state index contributed by atoms with van der Waals surface area (Å²) in [5.41, 5.74) is 1.35. The highest BCUT2D eigenvalue weighted by atomic mass is 32.2. The van der Waals surface area contributed by atoms with E-state index in [9.17, 15) is 13.5 Å². The van der Waals surface area contributed by atoms with E-state index in [0.29, 0.717) is 22.6 Å². The Bertz CT molecular complexity index is 895. The lowest BCUT2D eigenvalue weighted by atomic mass is 9.92. The predicted octanol–water partition coefficient (Wildman–Crippen LogP) is 4.38. The van der Waals surface area contributed by atoms with Gasteiger partial charge in [-0.1, -0.05) is 34.1 Å². The summed E-state index contributed by atoms with van der Waals surface area (Å²) in [6.07, 6.45) is 5.78. The number of epoxide rings is 1. The summed E-state index contributed by atoms with van der Waals surface area (Å²) in [4.78, 5) is 4.54. The maximum absolute atomic E-state index is 11.6. The van der Waals surface area contributed by atoms with Crippen LogP contribution in [0.15, 0.2) is 11.0 Å². The van der Waals surface area contributed by atoms with E-state index in [-0.39, 0.29) is 36.4 Å². The van der Waals surface area contributed by atoms with Crippen LogP contribution < -0.4 is 0 Å². The van der Waals surface area contributed by atoms with E-state index >= 15 is 0 Å². The van der Waals surface area contributed by atoms with Crippen LogP contribution >= 0.6 is 11.3 Å². The molecule has 1 aliphatic heterocycles. The number of hydrogen-bond acceptors (Lipinski definition) is 8. The van der Waals surface area contributed by atoms with Crippen molar-refractivity contribution in [2.45, 2.75) is 90.1 Å². The summed E-state index contributed by atoms with van der Waals surface area (Å²) in [6.45, 7) is 12.6. The zero-order valence-electron chi connectivity index (χ0n) is 20.9. The van der Waals surface area contributed by atoms with Crippen molar-refractivity contribution in [3.05, 3.63) is 21.7 Å². The van der Waals surface area contributed by atoms with Crippen LogP contribution in [0.2, 0.25) is 5.04 Å². The molecule has 0 spiro atoms. The lowest BCUT2D eigenvalue weighted by Gasteiger charge is -2.24. The number of aryl methyl sites for hydroxylation is 1. The van der Waals surface area contributed by atoms with E-state index in [1.165, 1.54) is 0 Å². The standard InChI is InChI=1S/C23H39NO6S2Si/c1-16(13-25)9-8-10-23(15-28-32(7,26)27)21(29-23)12-20(30-33-22(4,5)6)17(2)11-19-14-31-18(3)24-19/h11,14,16,20-21,25H,8-10,12-13,15H2,1-7H3/b17-11+/t16-,20-,21-,23-/m0/s1. The molecule has 1 fully saturated rings. The molecule has 0 amide bonds. The van der Waals surface area contributed by atoms with Gasteiger partial charge in [0.25, 0.3) is 10.1 Å². The average molecular weight is 518 g/mol. The number of aromatic nitrogens is 1. The van der Waals surface area contributed by atoms with Gasteiger partial charge in [-0.25, -0.2) is 4.98 Å². The Balaban J connectivity index is 2.14. The van der Waals surface area contributed by atoms with Crippen molar-refractivity contribution in [1.82, 2.24) is 4.98 Å². The summed E-state index contributed by atoms with van der Waals surface area (Å²) >= 11 is 1.61. The molecule has 33 heavy (non-hydrogen) atoms. The Labute approximate surface area is 206 Å². The second-order valence-electron chi connectivity index (χ2n) is 10.2. The topological polar surface area (TPSA) is 98.3 Å². The molecule has 1 aromatic rings. The van der Waals surface area contributed by atoms with E-state index in [2.05, 4.69) is 31.8 Å². The van der Waals surface area contributed by atoms with E-state index in [1.807, 2.05) is 26.2 Å². The molecule has 4 atom stereocenters. The molecule has 1 N–H and O–H groups in total. The number of nitrogens with zero attached hydrogens (tertiary/aromatic N) is 1. The van der Waals surface area contributed by atoms with Crippen molar-refractivity contribution in [2.24, 2.45) is 5.92 Å². The molecule has 1 aromatic heterocycles. The molecule has 7 nitrogen and oxygen atoms in total. The van der Waals surface area contributed by atoms with Gasteiger partial charge in [0, 0.05) is 18.4 Å². The zero-order chi connectivity index (χ0) is 24.9. The minimum absolute atomic E-state index is 0.00628. The van der Waals surface area contributed by atoms with Crippen LogP contribution in [-0.2, 0) is 23.5 Å². The van der Waals surface area contributed by atoms with Gasteiger partial charge < -0.3 is 14.3 Å². The third-order valence-corrected chi connectivity index (χ3v) is 7.84. The lowest BCUT2D eigenvalue weighted by molar-refractivity contribution is 0.173. The van der Waals surface area contributed by atoms with Crippen molar-refractivity contribution in [2.75, 3.05) is 19.5 Å². The number of aliphatic hydroxyl groups excluding tert-OH is 1. The van der Waals surface area contributed by atoms with Crippen molar-refractivity contribution in [3.63, 3.8) is 0 Å². The molecular weight excluding hydrogens is 478 g/mol. The lowest BCUT2D eigenvalue weighted by Crippen LogP contribution is -2.29. The fourth-order valence-electron chi connectivity index (χ4n) is 3.52. The van der Waals surface area contributed by atoms with E-state index in [4.69, 9.17) is 13.3 Å². The summed E-state index contributed by atoms with van der Waals surface area (Å²) < 4.78 is 40.9. The molecule has 1 saturated heterocycles. The molecule has 2 rings (SSSR count). The van der Waals surface area contributed by atoms with Crippen LogP contribution in [0.3, 0.4) is 0 Å². The summed E-state index contributed by atoms with van der Waals surface area (Å²) in [5, 5.41) is 12.4. The molecule has 0 aliphatic carbocycles. The SMILES string of the molecule is C/C(=C\c1csc(C)n1)[C@H](C[C@@H]1O[C@@]1(CCC[C@H](C)CO)COS(C)(=O)=O)O[Si]C(C)(C)C. The van der Waals surface area contributed by atoms with Gasteiger partial charge in [-0.15, -0.1) is 11.3 Å². The third-order valence-electron chi connectivity index (χ3n) is 5.49. The first-order chi connectivity index (χ1) is 15.2. The smallest absolute Gasteiger partial charge is 0.264 e. The second-order valence-corrected chi connectivity index (χ2v) is 14.8. The molecule has 0 bridgehead atoms. The Morgan fingerprint density at radius 3 is 2.70 bits per heavy atom. The van der Waals surface area contributed by atoms with Gasteiger partial charge in [0.1, 0.15) is 5.60 Å². The second kappa shape index (κ2) is 11.9. The number of thiazole rings is 1. The maximum Gasteiger partial charge on any atom is 0.264 e. The van der Waals surface area contributed by atoms with Gasteiger partial charge in [-0.3, -0.25) is 4.18 Å². The van der Waals surface area contributed by atoms with Gasteiger partial charge in [-0.05, 0) is 49.3 Å². The molecule has 2 radical (unpaired) electrons. The number of aliphatic hydroxyl groups is 1.